The lowest BCUT2D eigenvalue weighted by Crippen LogP contribution is -2.35. The van der Waals surface area contributed by atoms with Gasteiger partial charge in [0, 0.05) is 17.5 Å². The van der Waals surface area contributed by atoms with Gasteiger partial charge in [0.1, 0.15) is 5.75 Å². The number of carbonyl (C=O) groups excluding carboxylic acids is 1. The summed E-state index contributed by atoms with van der Waals surface area (Å²) in [7, 11) is 1.60. The van der Waals surface area contributed by atoms with Gasteiger partial charge in [-0.2, -0.15) is 0 Å². The van der Waals surface area contributed by atoms with Crippen LogP contribution in [0, 0.1) is 0 Å². The maximum Gasteiger partial charge on any atom is 0.328 e. The molecule has 1 N–H and O–H groups in total. The Morgan fingerprint density at radius 3 is 2.59 bits per heavy atom. The number of amides is 2. The predicted octanol–water partition coefficient (Wildman–Crippen LogP) is 7.31. The molecule has 0 saturated heterocycles. The number of ether oxygens (including phenoxy) is 1. The van der Waals surface area contributed by atoms with Gasteiger partial charge in [-0.25, -0.2) is 9.78 Å². The summed E-state index contributed by atoms with van der Waals surface area (Å²) in [5.74, 6) is 1.33. The van der Waals surface area contributed by atoms with E-state index in [9.17, 15) is 4.79 Å². The SMILES string of the molecule is CCCN(C(=O)Nc1ccccc1OC)c1nc(-c2ccc(C3CCCCC3)cc2)cs1. The minimum absolute atomic E-state index is 0.204. The van der Waals surface area contributed by atoms with Crippen LogP contribution in [0.25, 0.3) is 11.3 Å². The van der Waals surface area contributed by atoms with E-state index in [0.29, 0.717) is 29.0 Å². The van der Waals surface area contributed by atoms with Crippen LogP contribution < -0.4 is 15.0 Å². The molecule has 32 heavy (non-hydrogen) atoms. The number of para-hydroxylation sites is 2. The molecule has 1 aliphatic rings. The molecule has 0 bridgehead atoms. The van der Waals surface area contributed by atoms with E-state index in [1.807, 2.05) is 29.6 Å². The summed E-state index contributed by atoms with van der Waals surface area (Å²) < 4.78 is 5.36. The Morgan fingerprint density at radius 2 is 1.88 bits per heavy atom. The van der Waals surface area contributed by atoms with E-state index in [0.717, 1.165) is 17.7 Å². The van der Waals surface area contributed by atoms with Crippen molar-refractivity contribution >= 4 is 28.2 Å². The predicted molar refractivity (Wildman–Crippen MR) is 133 cm³/mol. The van der Waals surface area contributed by atoms with Crippen molar-refractivity contribution in [2.45, 2.75) is 51.4 Å². The lowest BCUT2D eigenvalue weighted by Gasteiger charge is -2.22. The summed E-state index contributed by atoms with van der Waals surface area (Å²) in [6.07, 6.45) is 7.48. The molecule has 1 aliphatic carbocycles. The van der Waals surface area contributed by atoms with Gasteiger partial charge in [0.05, 0.1) is 18.5 Å². The molecule has 4 rings (SSSR count). The van der Waals surface area contributed by atoms with E-state index in [1.165, 1.54) is 49.0 Å². The van der Waals surface area contributed by atoms with Crippen LogP contribution in [-0.2, 0) is 0 Å². The van der Waals surface area contributed by atoms with Crippen LogP contribution in [0.5, 0.6) is 5.75 Å². The summed E-state index contributed by atoms with van der Waals surface area (Å²) in [4.78, 5) is 19.6. The van der Waals surface area contributed by atoms with Gasteiger partial charge in [-0.05, 0) is 42.9 Å². The molecule has 1 saturated carbocycles. The normalized spacial score (nSPS) is 14.2. The third-order valence-electron chi connectivity index (χ3n) is 6.05. The molecule has 2 amide bonds. The van der Waals surface area contributed by atoms with Crippen LogP contribution in [0.4, 0.5) is 15.6 Å². The number of methoxy groups -OCH3 is 1. The van der Waals surface area contributed by atoms with Gasteiger partial charge < -0.3 is 10.1 Å². The monoisotopic (exact) mass is 449 g/mol. The van der Waals surface area contributed by atoms with Gasteiger partial charge in [-0.1, -0.05) is 62.6 Å². The molecular formula is C26H31N3O2S. The van der Waals surface area contributed by atoms with Crippen molar-refractivity contribution in [2.24, 2.45) is 0 Å². The lowest BCUT2D eigenvalue weighted by molar-refractivity contribution is 0.256. The second-order valence-corrected chi connectivity index (χ2v) is 9.09. The number of anilines is 2. The zero-order chi connectivity index (χ0) is 22.3. The topological polar surface area (TPSA) is 54.5 Å². The van der Waals surface area contributed by atoms with Crippen molar-refractivity contribution in [3.8, 4) is 17.0 Å². The molecule has 1 fully saturated rings. The van der Waals surface area contributed by atoms with Crippen molar-refractivity contribution < 1.29 is 9.53 Å². The van der Waals surface area contributed by atoms with E-state index in [1.54, 1.807) is 12.0 Å². The summed E-state index contributed by atoms with van der Waals surface area (Å²) >= 11 is 1.50. The number of nitrogens with one attached hydrogen (secondary N) is 1. The summed E-state index contributed by atoms with van der Waals surface area (Å²) in [5.41, 5.74) is 4.09. The van der Waals surface area contributed by atoms with Crippen molar-refractivity contribution in [3.63, 3.8) is 0 Å². The molecule has 1 heterocycles. The summed E-state index contributed by atoms with van der Waals surface area (Å²) in [6.45, 7) is 2.65. The maximum atomic E-state index is 13.1. The molecule has 0 atom stereocenters. The highest BCUT2D eigenvalue weighted by atomic mass is 32.1. The Morgan fingerprint density at radius 1 is 1.12 bits per heavy atom. The highest BCUT2D eigenvalue weighted by Crippen LogP contribution is 2.34. The van der Waals surface area contributed by atoms with Crippen molar-refractivity contribution in [3.05, 3.63) is 59.5 Å². The Labute approximate surface area is 194 Å². The number of rotatable bonds is 7. The number of carbonyl (C=O) groups is 1. The Bertz CT molecular complexity index is 1030. The Balaban J connectivity index is 1.50. The van der Waals surface area contributed by atoms with Crippen LogP contribution in [0.1, 0.15) is 56.9 Å². The molecule has 168 valence electrons. The molecule has 2 aromatic carbocycles. The van der Waals surface area contributed by atoms with Crippen LogP contribution in [0.2, 0.25) is 0 Å². The van der Waals surface area contributed by atoms with Crippen LogP contribution >= 0.6 is 11.3 Å². The third kappa shape index (κ3) is 5.13. The molecule has 5 nitrogen and oxygen atoms in total. The fourth-order valence-corrected chi connectivity index (χ4v) is 5.18. The lowest BCUT2D eigenvalue weighted by atomic mass is 9.84. The molecule has 0 aliphatic heterocycles. The van der Waals surface area contributed by atoms with E-state index in [4.69, 9.17) is 9.72 Å². The molecule has 6 heteroatoms. The zero-order valence-corrected chi connectivity index (χ0v) is 19.7. The highest BCUT2D eigenvalue weighted by Gasteiger charge is 2.20. The Hall–Kier alpha value is -2.86. The number of hydrogen-bond acceptors (Lipinski definition) is 4. The minimum atomic E-state index is -0.204. The molecule has 0 radical (unpaired) electrons. The van der Waals surface area contributed by atoms with E-state index in [2.05, 4.69) is 36.5 Å². The van der Waals surface area contributed by atoms with Gasteiger partial charge in [0.15, 0.2) is 5.13 Å². The quantitative estimate of drug-likeness (QED) is 0.411. The fourth-order valence-electron chi connectivity index (χ4n) is 4.32. The van der Waals surface area contributed by atoms with Crippen LogP contribution in [0.15, 0.2) is 53.9 Å². The molecule has 0 unspecified atom stereocenters. The molecule has 3 aromatic rings. The largest absolute Gasteiger partial charge is 0.495 e. The first kappa shape index (κ1) is 22.3. The number of hydrogen-bond donors (Lipinski definition) is 1. The third-order valence-corrected chi connectivity index (χ3v) is 6.91. The first-order valence-electron chi connectivity index (χ1n) is 11.5. The van der Waals surface area contributed by atoms with Crippen molar-refractivity contribution in [1.29, 1.82) is 0 Å². The molecule has 1 aromatic heterocycles. The molecular weight excluding hydrogens is 418 g/mol. The van der Waals surface area contributed by atoms with Crippen LogP contribution in [-0.4, -0.2) is 24.7 Å². The van der Waals surface area contributed by atoms with Gasteiger partial charge in [0.2, 0.25) is 0 Å². The maximum absolute atomic E-state index is 13.1. The van der Waals surface area contributed by atoms with Crippen molar-refractivity contribution in [2.75, 3.05) is 23.9 Å². The fraction of sp³-hybridized carbons (Fsp3) is 0.385. The van der Waals surface area contributed by atoms with Gasteiger partial charge >= 0.3 is 6.03 Å². The number of benzene rings is 2. The van der Waals surface area contributed by atoms with Gasteiger partial charge in [0.25, 0.3) is 0 Å². The minimum Gasteiger partial charge on any atom is -0.495 e. The molecule has 0 spiro atoms. The van der Waals surface area contributed by atoms with Crippen molar-refractivity contribution in [1.82, 2.24) is 4.98 Å². The number of nitrogens with zero attached hydrogens (tertiary/aromatic N) is 2. The Kier molecular flexibility index (Phi) is 7.43. The second kappa shape index (κ2) is 10.6. The standard InChI is InChI=1S/C26H31N3O2S/c1-3-17-29(25(30)27-22-11-7-8-12-24(22)31-2)26-28-23(18-32-26)21-15-13-20(14-16-21)19-9-5-4-6-10-19/h7-8,11-16,18-19H,3-6,9-10,17H2,1-2H3,(H,27,30). The smallest absolute Gasteiger partial charge is 0.328 e. The summed E-state index contributed by atoms with van der Waals surface area (Å²) in [5, 5.41) is 5.70. The first-order valence-corrected chi connectivity index (χ1v) is 12.3. The van der Waals surface area contributed by atoms with E-state index >= 15 is 0 Å². The van der Waals surface area contributed by atoms with Gasteiger partial charge in [-0.15, -0.1) is 11.3 Å². The zero-order valence-electron chi connectivity index (χ0n) is 18.8. The van der Waals surface area contributed by atoms with Crippen LogP contribution in [0.3, 0.4) is 0 Å². The average molecular weight is 450 g/mol. The van der Waals surface area contributed by atoms with Gasteiger partial charge in [-0.3, -0.25) is 4.90 Å². The van der Waals surface area contributed by atoms with E-state index in [-0.39, 0.29) is 6.03 Å². The number of thiazole rings is 1. The number of aromatic nitrogens is 1. The first-order chi connectivity index (χ1) is 15.7. The van der Waals surface area contributed by atoms with E-state index < -0.39 is 0 Å². The average Bonchev–Trinajstić information content (AvgIpc) is 3.33. The number of urea groups is 1. The summed E-state index contributed by atoms with van der Waals surface area (Å²) in [6, 6.07) is 16.1. The second-order valence-electron chi connectivity index (χ2n) is 8.25. The highest BCUT2D eigenvalue weighted by molar-refractivity contribution is 7.14.